The molecule has 0 spiro atoms. The second kappa shape index (κ2) is 7.25. The molecule has 0 unspecified atom stereocenters. The van der Waals surface area contributed by atoms with Crippen LogP contribution in [-0.2, 0) is 11.4 Å². The summed E-state index contributed by atoms with van der Waals surface area (Å²) in [6, 6.07) is 7.54. The van der Waals surface area contributed by atoms with Crippen LogP contribution in [0.15, 0.2) is 24.3 Å². The van der Waals surface area contributed by atoms with E-state index in [4.69, 9.17) is 16.3 Å². The van der Waals surface area contributed by atoms with Crippen LogP contribution in [0.5, 0.6) is 5.75 Å². The third-order valence-electron chi connectivity index (χ3n) is 4.88. The van der Waals surface area contributed by atoms with Crippen LogP contribution in [0.1, 0.15) is 49.3 Å². The molecule has 1 aromatic carbocycles. The van der Waals surface area contributed by atoms with E-state index in [2.05, 4.69) is 20.1 Å². The van der Waals surface area contributed by atoms with Crippen molar-refractivity contribution < 1.29 is 14.6 Å². The number of benzene rings is 1. The van der Waals surface area contributed by atoms with E-state index in [1.807, 2.05) is 0 Å². The van der Waals surface area contributed by atoms with Gasteiger partial charge in [0.2, 0.25) is 0 Å². The predicted molar refractivity (Wildman–Crippen MR) is 95.1 cm³/mol. The number of nitrogens with one attached hydrogen (secondary N) is 1. The van der Waals surface area contributed by atoms with Crippen LogP contribution in [0.3, 0.4) is 0 Å². The summed E-state index contributed by atoms with van der Waals surface area (Å²) in [4.78, 5) is 12.0. The normalized spacial score (nSPS) is 21.9. The van der Waals surface area contributed by atoms with Gasteiger partial charge in [-0.05, 0) is 43.9 Å². The van der Waals surface area contributed by atoms with Gasteiger partial charge in [-0.2, -0.15) is 0 Å². The Kier molecular flexibility index (Phi) is 4.82. The lowest BCUT2D eigenvalue weighted by Gasteiger charge is -2.35. The number of carbonyl (C=O) groups is 1. The van der Waals surface area contributed by atoms with Crippen LogP contribution < -0.4 is 10.1 Å². The Bertz CT molecular complexity index is 799. The minimum absolute atomic E-state index is 0.0333. The van der Waals surface area contributed by atoms with Gasteiger partial charge in [0.1, 0.15) is 18.2 Å². The van der Waals surface area contributed by atoms with Gasteiger partial charge in [0.15, 0.2) is 12.4 Å². The third kappa shape index (κ3) is 3.68. The molecule has 2 fully saturated rings. The zero-order valence-electron chi connectivity index (χ0n) is 14.3. The average molecular weight is 377 g/mol. The van der Waals surface area contributed by atoms with Crippen molar-refractivity contribution in [1.82, 2.24) is 20.1 Å². The average Bonchev–Trinajstić information content (AvgIpc) is 3.35. The molecule has 2 N–H and O–H groups in total. The van der Waals surface area contributed by atoms with E-state index >= 15 is 0 Å². The summed E-state index contributed by atoms with van der Waals surface area (Å²) in [6.07, 6.45) is 3.90. The molecule has 0 saturated heterocycles. The Morgan fingerprint density at radius 3 is 2.85 bits per heavy atom. The van der Waals surface area contributed by atoms with Crippen molar-refractivity contribution in [1.29, 1.82) is 0 Å². The summed E-state index contributed by atoms with van der Waals surface area (Å²) < 4.78 is 7.54. The van der Waals surface area contributed by atoms with E-state index < -0.39 is 0 Å². The highest BCUT2D eigenvalue weighted by molar-refractivity contribution is 6.30. The van der Waals surface area contributed by atoms with Gasteiger partial charge < -0.3 is 19.7 Å². The lowest BCUT2D eigenvalue weighted by molar-refractivity contribution is -0.124. The van der Waals surface area contributed by atoms with Crippen LogP contribution in [0.2, 0.25) is 5.02 Å². The number of ether oxygens (including phenoxy) is 1. The van der Waals surface area contributed by atoms with Crippen LogP contribution in [0.25, 0.3) is 0 Å². The summed E-state index contributed by atoms with van der Waals surface area (Å²) in [7, 11) is 0. The highest BCUT2D eigenvalue weighted by Crippen LogP contribution is 2.42. The molecule has 2 saturated carbocycles. The van der Waals surface area contributed by atoms with Gasteiger partial charge in [-0.1, -0.05) is 17.7 Å². The van der Waals surface area contributed by atoms with Crippen LogP contribution in [-0.4, -0.2) is 38.4 Å². The molecule has 7 nitrogen and oxygen atoms in total. The second-order valence-electron chi connectivity index (χ2n) is 6.91. The number of aliphatic hydroxyl groups is 1. The predicted octanol–water partition coefficient (Wildman–Crippen LogP) is 2.20. The second-order valence-corrected chi connectivity index (χ2v) is 7.35. The molecular formula is C18H21ClN4O3. The molecule has 2 aromatic rings. The quantitative estimate of drug-likeness (QED) is 0.773. The van der Waals surface area contributed by atoms with E-state index in [1.165, 1.54) is 0 Å². The van der Waals surface area contributed by atoms with Gasteiger partial charge in [-0.3, -0.25) is 4.79 Å². The number of carbonyl (C=O) groups excluding carboxylic acids is 1. The van der Waals surface area contributed by atoms with E-state index in [1.54, 1.807) is 24.3 Å². The molecule has 1 heterocycles. The van der Waals surface area contributed by atoms with Crippen LogP contribution in [0, 0.1) is 0 Å². The van der Waals surface area contributed by atoms with Crippen molar-refractivity contribution in [2.75, 3.05) is 6.61 Å². The highest BCUT2D eigenvalue weighted by atomic mass is 35.5. The first kappa shape index (κ1) is 17.3. The lowest BCUT2D eigenvalue weighted by Crippen LogP contribution is -2.45. The van der Waals surface area contributed by atoms with Gasteiger partial charge in [0.05, 0.1) is 0 Å². The van der Waals surface area contributed by atoms with Crippen molar-refractivity contribution in [2.45, 2.75) is 50.3 Å². The minimum atomic E-state index is -0.145. The molecule has 4 rings (SSSR count). The molecule has 8 heteroatoms. The molecule has 0 radical (unpaired) electrons. The van der Waals surface area contributed by atoms with E-state index in [0.717, 1.165) is 31.5 Å². The van der Waals surface area contributed by atoms with Gasteiger partial charge in [-0.25, -0.2) is 0 Å². The first-order chi connectivity index (χ1) is 12.6. The van der Waals surface area contributed by atoms with Crippen molar-refractivity contribution in [2.24, 2.45) is 0 Å². The first-order valence-electron chi connectivity index (χ1n) is 8.86. The van der Waals surface area contributed by atoms with Crippen LogP contribution in [0.4, 0.5) is 0 Å². The number of aromatic nitrogens is 3. The number of hydrogen-bond donors (Lipinski definition) is 2. The van der Waals surface area contributed by atoms with Crippen molar-refractivity contribution in [3.8, 4) is 5.75 Å². The summed E-state index contributed by atoms with van der Waals surface area (Å²) in [6.45, 7) is -0.119. The number of halogens is 1. The van der Waals surface area contributed by atoms with Gasteiger partial charge in [0, 0.05) is 23.0 Å². The Morgan fingerprint density at radius 1 is 1.35 bits per heavy atom. The highest BCUT2D eigenvalue weighted by Gasteiger charge is 2.38. The number of rotatable bonds is 7. The van der Waals surface area contributed by atoms with Gasteiger partial charge in [0.25, 0.3) is 5.91 Å². The number of nitrogens with zero attached hydrogens (tertiary/aromatic N) is 3. The molecule has 0 bridgehead atoms. The maximum absolute atomic E-state index is 12.0. The molecule has 138 valence electrons. The molecule has 1 amide bonds. The molecule has 26 heavy (non-hydrogen) atoms. The van der Waals surface area contributed by atoms with E-state index in [-0.39, 0.29) is 31.1 Å². The fraction of sp³-hybridized carbons (Fsp3) is 0.500. The van der Waals surface area contributed by atoms with Crippen LogP contribution >= 0.6 is 11.6 Å². The maximum Gasteiger partial charge on any atom is 0.258 e. The monoisotopic (exact) mass is 376 g/mol. The molecular weight excluding hydrogens is 356 g/mol. The number of aliphatic hydroxyl groups excluding tert-OH is 1. The van der Waals surface area contributed by atoms with E-state index in [0.29, 0.717) is 22.6 Å². The largest absolute Gasteiger partial charge is 0.484 e. The lowest BCUT2D eigenvalue weighted by atomic mass is 9.79. The Labute approximate surface area is 156 Å². The van der Waals surface area contributed by atoms with E-state index in [9.17, 15) is 9.90 Å². The smallest absolute Gasteiger partial charge is 0.258 e. The number of amides is 1. The first-order valence-corrected chi connectivity index (χ1v) is 9.24. The standard InChI is InChI=1S/C18H21ClN4O3/c19-12-2-1-3-15(8-12)26-10-17(25)20-13-6-11(7-13)18-22-21-16(9-24)23(18)14-4-5-14/h1-3,8,11,13-14,24H,4-7,9-10H2,(H,20,25). The summed E-state index contributed by atoms with van der Waals surface area (Å²) in [5, 5.41) is 21.3. The minimum Gasteiger partial charge on any atom is -0.484 e. The zero-order chi connectivity index (χ0) is 18.1. The maximum atomic E-state index is 12.0. The topological polar surface area (TPSA) is 89.3 Å². The molecule has 0 aliphatic heterocycles. The van der Waals surface area contributed by atoms with Gasteiger partial charge in [-0.15, -0.1) is 10.2 Å². The Morgan fingerprint density at radius 2 is 2.15 bits per heavy atom. The fourth-order valence-corrected chi connectivity index (χ4v) is 3.56. The third-order valence-corrected chi connectivity index (χ3v) is 5.12. The summed E-state index contributed by atoms with van der Waals surface area (Å²) in [5.41, 5.74) is 0. The summed E-state index contributed by atoms with van der Waals surface area (Å²) in [5.74, 6) is 2.30. The molecule has 0 atom stereocenters. The molecule has 2 aliphatic carbocycles. The SMILES string of the molecule is O=C(COc1cccc(Cl)c1)NC1CC(c2nnc(CO)n2C2CC2)C1. The van der Waals surface area contributed by atoms with Crippen molar-refractivity contribution in [3.05, 3.63) is 40.9 Å². The number of hydrogen-bond acceptors (Lipinski definition) is 5. The zero-order valence-corrected chi connectivity index (χ0v) is 15.0. The fourth-order valence-electron chi connectivity index (χ4n) is 3.38. The van der Waals surface area contributed by atoms with Gasteiger partial charge >= 0.3 is 0 Å². The van der Waals surface area contributed by atoms with Crippen molar-refractivity contribution >= 4 is 17.5 Å². The Balaban J connectivity index is 1.26. The molecule has 1 aromatic heterocycles. The van der Waals surface area contributed by atoms with Crippen molar-refractivity contribution in [3.63, 3.8) is 0 Å². The summed E-state index contributed by atoms with van der Waals surface area (Å²) >= 11 is 5.89. The molecule has 2 aliphatic rings. The Hall–Kier alpha value is -2.12.